The van der Waals surface area contributed by atoms with Crippen LogP contribution >= 0.6 is 0 Å². The molecule has 0 aliphatic carbocycles. The highest BCUT2D eigenvalue weighted by molar-refractivity contribution is 5.91. The van der Waals surface area contributed by atoms with Gasteiger partial charge in [-0.25, -0.2) is 0 Å². The van der Waals surface area contributed by atoms with Gasteiger partial charge in [-0.3, -0.25) is 9.59 Å². The molecule has 2 aromatic carbocycles. The number of hydrogen-bond donors (Lipinski definition) is 1. The Bertz CT molecular complexity index is 869. The van der Waals surface area contributed by atoms with E-state index in [4.69, 9.17) is 4.74 Å². The van der Waals surface area contributed by atoms with E-state index in [2.05, 4.69) is 5.32 Å². The molecule has 1 aliphatic heterocycles. The van der Waals surface area contributed by atoms with Crippen molar-refractivity contribution in [1.82, 2.24) is 10.2 Å². The number of piperidine rings is 1. The van der Waals surface area contributed by atoms with Crippen LogP contribution in [0.15, 0.2) is 54.6 Å². The summed E-state index contributed by atoms with van der Waals surface area (Å²) in [6.45, 7) is 5.28. The van der Waals surface area contributed by atoms with Gasteiger partial charge in [0.2, 0.25) is 5.91 Å². The molecule has 0 bridgehead atoms. The lowest BCUT2D eigenvalue weighted by Gasteiger charge is -2.31. The molecular weight excluding hydrogens is 364 g/mol. The van der Waals surface area contributed by atoms with E-state index in [1.807, 2.05) is 73.4 Å². The molecule has 2 aromatic rings. The fraction of sp³-hybridized carbons (Fsp3) is 0.333. The molecule has 5 nitrogen and oxygen atoms in total. The molecule has 0 atom stereocenters. The van der Waals surface area contributed by atoms with E-state index in [9.17, 15) is 9.59 Å². The van der Waals surface area contributed by atoms with Gasteiger partial charge in [-0.15, -0.1) is 0 Å². The van der Waals surface area contributed by atoms with E-state index >= 15 is 0 Å². The zero-order valence-corrected chi connectivity index (χ0v) is 17.1. The Hall–Kier alpha value is -3.08. The first kappa shape index (κ1) is 20.6. The number of benzene rings is 2. The smallest absolute Gasteiger partial charge is 0.258 e. The Morgan fingerprint density at radius 3 is 2.52 bits per heavy atom. The zero-order chi connectivity index (χ0) is 20.6. The molecule has 1 saturated heterocycles. The topological polar surface area (TPSA) is 58.6 Å². The van der Waals surface area contributed by atoms with Crippen molar-refractivity contribution in [2.24, 2.45) is 0 Å². The van der Waals surface area contributed by atoms with Gasteiger partial charge in [0.15, 0.2) is 6.61 Å². The summed E-state index contributed by atoms with van der Waals surface area (Å²) in [5.41, 5.74) is 3.19. The van der Waals surface area contributed by atoms with Crippen LogP contribution in [0.3, 0.4) is 0 Å². The van der Waals surface area contributed by atoms with Gasteiger partial charge in [0.25, 0.3) is 5.91 Å². The first-order valence-electron chi connectivity index (χ1n) is 10.0. The second kappa shape index (κ2) is 9.92. The molecule has 152 valence electrons. The third-order valence-corrected chi connectivity index (χ3v) is 5.08. The van der Waals surface area contributed by atoms with Crippen molar-refractivity contribution in [3.05, 3.63) is 71.3 Å². The third kappa shape index (κ3) is 6.21. The average Bonchev–Trinajstić information content (AvgIpc) is 2.72. The summed E-state index contributed by atoms with van der Waals surface area (Å²) in [6.07, 6.45) is 4.95. The lowest BCUT2D eigenvalue weighted by molar-refractivity contribution is -0.127. The minimum absolute atomic E-state index is 0.00284. The summed E-state index contributed by atoms with van der Waals surface area (Å²) < 4.78 is 5.64. The largest absolute Gasteiger partial charge is 0.484 e. The van der Waals surface area contributed by atoms with Gasteiger partial charge in [-0.05, 0) is 50.0 Å². The number of likely N-dealkylation sites (tertiary alicyclic amines) is 1. The van der Waals surface area contributed by atoms with Crippen molar-refractivity contribution in [1.29, 1.82) is 0 Å². The minimum Gasteiger partial charge on any atom is -0.484 e. The van der Waals surface area contributed by atoms with Crippen LogP contribution in [0.4, 0.5) is 0 Å². The zero-order valence-electron chi connectivity index (χ0n) is 17.1. The van der Waals surface area contributed by atoms with Crippen LogP contribution < -0.4 is 10.1 Å². The molecule has 1 N–H and O–H groups in total. The van der Waals surface area contributed by atoms with Gasteiger partial charge in [-0.2, -0.15) is 0 Å². The van der Waals surface area contributed by atoms with Gasteiger partial charge in [0, 0.05) is 25.2 Å². The Morgan fingerprint density at radius 2 is 1.83 bits per heavy atom. The normalized spacial score (nSPS) is 14.8. The number of nitrogens with one attached hydrogen (secondary N) is 1. The Kier molecular flexibility index (Phi) is 7.06. The highest BCUT2D eigenvalue weighted by Gasteiger charge is 2.22. The molecule has 1 fully saturated rings. The molecule has 5 heteroatoms. The number of ether oxygens (including phenoxy) is 1. The van der Waals surface area contributed by atoms with Gasteiger partial charge in [0.1, 0.15) is 5.75 Å². The summed E-state index contributed by atoms with van der Waals surface area (Å²) >= 11 is 0. The fourth-order valence-electron chi connectivity index (χ4n) is 3.46. The molecular formula is C24H28N2O3. The Morgan fingerprint density at radius 1 is 1.10 bits per heavy atom. The van der Waals surface area contributed by atoms with Crippen molar-refractivity contribution >= 4 is 17.9 Å². The van der Waals surface area contributed by atoms with Crippen LogP contribution in [-0.2, 0) is 9.59 Å². The first-order chi connectivity index (χ1) is 14.0. The molecule has 0 unspecified atom stereocenters. The molecule has 1 heterocycles. The number of amides is 2. The number of hydrogen-bond acceptors (Lipinski definition) is 3. The minimum atomic E-state index is -0.126. The molecule has 29 heavy (non-hydrogen) atoms. The maximum absolute atomic E-state index is 12.3. The van der Waals surface area contributed by atoms with Crippen molar-refractivity contribution in [3.63, 3.8) is 0 Å². The van der Waals surface area contributed by atoms with E-state index in [0.717, 1.165) is 29.7 Å². The monoisotopic (exact) mass is 392 g/mol. The third-order valence-electron chi connectivity index (χ3n) is 5.08. The molecule has 1 aliphatic rings. The van der Waals surface area contributed by atoms with Gasteiger partial charge >= 0.3 is 0 Å². The number of rotatable bonds is 6. The van der Waals surface area contributed by atoms with E-state index in [-0.39, 0.29) is 24.5 Å². The first-order valence-corrected chi connectivity index (χ1v) is 10.0. The Balaban J connectivity index is 1.40. The van der Waals surface area contributed by atoms with Gasteiger partial charge < -0.3 is 15.0 Å². The van der Waals surface area contributed by atoms with Crippen molar-refractivity contribution in [3.8, 4) is 5.75 Å². The maximum atomic E-state index is 12.3. The predicted octanol–water partition coefficient (Wildman–Crippen LogP) is 3.50. The average molecular weight is 392 g/mol. The maximum Gasteiger partial charge on any atom is 0.258 e. The summed E-state index contributed by atoms with van der Waals surface area (Å²) in [5, 5.41) is 3.02. The lowest BCUT2D eigenvalue weighted by Crippen LogP contribution is -2.47. The molecule has 0 saturated carbocycles. The van der Waals surface area contributed by atoms with Crippen LogP contribution in [0.5, 0.6) is 5.75 Å². The molecule has 0 aromatic heterocycles. The second-order valence-corrected chi connectivity index (χ2v) is 7.47. The van der Waals surface area contributed by atoms with Gasteiger partial charge in [0.05, 0.1) is 0 Å². The number of carbonyl (C=O) groups is 2. The Labute approximate surface area is 172 Å². The summed E-state index contributed by atoms with van der Waals surface area (Å²) in [5.74, 6) is 0.618. The van der Waals surface area contributed by atoms with Gasteiger partial charge in [-0.1, -0.05) is 48.0 Å². The number of carbonyl (C=O) groups excluding carboxylic acids is 2. The predicted molar refractivity (Wildman–Crippen MR) is 115 cm³/mol. The van der Waals surface area contributed by atoms with Crippen LogP contribution in [0.25, 0.3) is 6.08 Å². The van der Waals surface area contributed by atoms with E-state index in [0.29, 0.717) is 13.1 Å². The number of aryl methyl sites for hydroxylation is 2. The van der Waals surface area contributed by atoms with Crippen molar-refractivity contribution < 1.29 is 14.3 Å². The van der Waals surface area contributed by atoms with E-state index in [1.54, 1.807) is 6.08 Å². The lowest BCUT2D eigenvalue weighted by atomic mass is 10.0. The van der Waals surface area contributed by atoms with Crippen LogP contribution in [-0.4, -0.2) is 42.5 Å². The standard InChI is InChI=1S/C24H28N2O3/c1-18-8-10-22(19(2)16-18)29-17-23(27)25-21-12-14-26(15-13-21)24(28)11-9-20-6-4-3-5-7-20/h3-11,16,21H,12-15,17H2,1-2H3,(H,25,27)/b11-9+. The molecule has 2 amide bonds. The van der Waals surface area contributed by atoms with Crippen molar-refractivity contribution in [2.75, 3.05) is 19.7 Å². The quantitative estimate of drug-likeness (QED) is 0.766. The van der Waals surface area contributed by atoms with Crippen LogP contribution in [0.1, 0.15) is 29.5 Å². The summed E-state index contributed by atoms with van der Waals surface area (Å²) in [4.78, 5) is 26.4. The molecule has 3 rings (SSSR count). The summed E-state index contributed by atoms with van der Waals surface area (Å²) in [7, 11) is 0. The van der Waals surface area contributed by atoms with E-state index in [1.165, 1.54) is 5.56 Å². The highest BCUT2D eigenvalue weighted by atomic mass is 16.5. The SMILES string of the molecule is Cc1ccc(OCC(=O)NC2CCN(C(=O)/C=C/c3ccccc3)CC2)c(C)c1. The van der Waals surface area contributed by atoms with Crippen LogP contribution in [0.2, 0.25) is 0 Å². The molecule has 0 radical (unpaired) electrons. The highest BCUT2D eigenvalue weighted by Crippen LogP contribution is 2.18. The van der Waals surface area contributed by atoms with Crippen LogP contribution in [0, 0.1) is 13.8 Å². The van der Waals surface area contributed by atoms with E-state index < -0.39 is 0 Å². The van der Waals surface area contributed by atoms with Crippen molar-refractivity contribution in [2.45, 2.75) is 32.7 Å². The summed E-state index contributed by atoms with van der Waals surface area (Å²) in [6, 6.07) is 15.7. The second-order valence-electron chi connectivity index (χ2n) is 7.47. The molecule has 0 spiro atoms. The fourth-order valence-corrected chi connectivity index (χ4v) is 3.46. The number of nitrogens with zero attached hydrogens (tertiary/aromatic N) is 1.